The summed E-state index contributed by atoms with van der Waals surface area (Å²) < 4.78 is 1.80. The number of nitrogens with one attached hydrogen (secondary N) is 1. The molecular formula is C21H25N5O2. The zero-order valence-corrected chi connectivity index (χ0v) is 16.0. The number of aromatic nitrogens is 2. The highest BCUT2D eigenvalue weighted by Gasteiger charge is 2.24. The van der Waals surface area contributed by atoms with Crippen LogP contribution in [-0.2, 0) is 12.8 Å². The van der Waals surface area contributed by atoms with E-state index >= 15 is 0 Å². The lowest BCUT2D eigenvalue weighted by Crippen LogP contribution is -2.20. The first kappa shape index (κ1) is 19.6. The molecule has 0 saturated carbocycles. The van der Waals surface area contributed by atoms with Gasteiger partial charge in [-0.2, -0.15) is 5.10 Å². The maximum atomic E-state index is 11.8. The highest BCUT2D eigenvalue weighted by molar-refractivity contribution is 5.92. The van der Waals surface area contributed by atoms with E-state index in [9.17, 15) is 9.90 Å². The molecule has 1 heterocycles. The quantitative estimate of drug-likeness (QED) is 0.401. The monoisotopic (exact) mass is 379 g/mol. The molecule has 1 aliphatic rings. The van der Waals surface area contributed by atoms with Crippen LogP contribution in [0, 0.1) is 17.3 Å². The van der Waals surface area contributed by atoms with Gasteiger partial charge >= 0.3 is 0 Å². The lowest BCUT2D eigenvalue weighted by Gasteiger charge is -2.14. The summed E-state index contributed by atoms with van der Waals surface area (Å²) >= 11 is 0. The number of aliphatic hydroxyl groups is 1. The SMILES string of the molecule is CN(C=N)CC[C@@H](O)C#Cc1cccc(-n2nc(C(N)=O)c3c2CCCC3)c1. The Labute approximate surface area is 164 Å². The molecule has 1 aliphatic carbocycles. The molecule has 1 amide bonds. The zero-order chi connectivity index (χ0) is 20.1. The van der Waals surface area contributed by atoms with Crippen LogP contribution in [-0.4, -0.2) is 51.7 Å². The number of rotatable bonds is 6. The molecule has 0 bridgehead atoms. The van der Waals surface area contributed by atoms with Crippen molar-refractivity contribution in [2.24, 2.45) is 5.73 Å². The Hall–Kier alpha value is -3.11. The van der Waals surface area contributed by atoms with Gasteiger partial charge in [0.05, 0.1) is 12.0 Å². The Morgan fingerprint density at radius 3 is 3.00 bits per heavy atom. The third-order valence-corrected chi connectivity index (χ3v) is 4.86. The molecule has 3 rings (SSSR count). The number of fused-ring (bicyclic) bond motifs is 1. The fourth-order valence-electron chi connectivity index (χ4n) is 3.36. The van der Waals surface area contributed by atoms with E-state index in [0.717, 1.165) is 48.2 Å². The molecule has 7 nitrogen and oxygen atoms in total. The van der Waals surface area contributed by atoms with Gasteiger partial charge in [0.25, 0.3) is 5.91 Å². The molecule has 146 valence electrons. The number of hydrogen-bond donors (Lipinski definition) is 3. The van der Waals surface area contributed by atoms with Gasteiger partial charge in [-0.1, -0.05) is 17.9 Å². The van der Waals surface area contributed by atoms with Crippen LogP contribution in [0.3, 0.4) is 0 Å². The fraction of sp³-hybridized carbons (Fsp3) is 0.381. The molecule has 1 aromatic heterocycles. The number of carbonyl (C=O) groups is 1. The Kier molecular flexibility index (Phi) is 6.12. The number of amides is 1. The summed E-state index contributed by atoms with van der Waals surface area (Å²) in [6, 6.07) is 7.58. The number of carbonyl (C=O) groups excluding carboxylic acids is 1. The first-order valence-corrected chi connectivity index (χ1v) is 9.41. The van der Waals surface area contributed by atoms with Crippen molar-refractivity contribution in [2.75, 3.05) is 13.6 Å². The number of primary amides is 1. The molecule has 0 unspecified atom stereocenters. The molecule has 1 atom stereocenters. The van der Waals surface area contributed by atoms with Crippen molar-refractivity contribution in [3.05, 3.63) is 46.8 Å². The molecule has 0 fully saturated rings. The normalized spacial score (nSPS) is 13.8. The van der Waals surface area contributed by atoms with E-state index in [0.29, 0.717) is 18.7 Å². The van der Waals surface area contributed by atoms with Crippen LogP contribution in [0.4, 0.5) is 0 Å². The van der Waals surface area contributed by atoms with Crippen molar-refractivity contribution < 1.29 is 9.90 Å². The van der Waals surface area contributed by atoms with Crippen LogP contribution in [0.15, 0.2) is 24.3 Å². The molecule has 0 spiro atoms. The summed E-state index contributed by atoms with van der Waals surface area (Å²) in [5.74, 6) is 5.35. The molecule has 4 N–H and O–H groups in total. The molecular weight excluding hydrogens is 354 g/mol. The van der Waals surface area contributed by atoms with E-state index < -0.39 is 12.0 Å². The van der Waals surface area contributed by atoms with Gasteiger partial charge in [0.2, 0.25) is 0 Å². The number of nitrogens with zero attached hydrogens (tertiary/aromatic N) is 3. The average molecular weight is 379 g/mol. The second-order valence-electron chi connectivity index (χ2n) is 6.99. The van der Waals surface area contributed by atoms with Gasteiger partial charge in [-0.3, -0.25) is 10.2 Å². The minimum Gasteiger partial charge on any atom is -0.380 e. The predicted molar refractivity (Wildman–Crippen MR) is 108 cm³/mol. The number of hydrogen-bond acceptors (Lipinski definition) is 4. The number of benzene rings is 1. The van der Waals surface area contributed by atoms with Crippen molar-refractivity contribution in [3.8, 4) is 17.5 Å². The van der Waals surface area contributed by atoms with Crippen molar-refractivity contribution >= 4 is 12.2 Å². The first-order valence-electron chi connectivity index (χ1n) is 9.41. The van der Waals surface area contributed by atoms with Gasteiger partial charge in [0, 0.05) is 36.8 Å². The highest BCUT2D eigenvalue weighted by atomic mass is 16.3. The van der Waals surface area contributed by atoms with Gasteiger partial charge < -0.3 is 15.7 Å². The molecule has 28 heavy (non-hydrogen) atoms. The predicted octanol–water partition coefficient (Wildman–Crippen LogP) is 1.49. The summed E-state index contributed by atoms with van der Waals surface area (Å²) in [7, 11) is 1.78. The second-order valence-corrected chi connectivity index (χ2v) is 6.99. The summed E-state index contributed by atoms with van der Waals surface area (Å²) in [5, 5.41) is 21.6. The number of aliphatic hydroxyl groups excluding tert-OH is 1. The lowest BCUT2D eigenvalue weighted by molar-refractivity contribution is 0.0994. The van der Waals surface area contributed by atoms with Gasteiger partial charge in [-0.05, 0) is 43.9 Å². The zero-order valence-electron chi connectivity index (χ0n) is 16.0. The van der Waals surface area contributed by atoms with Crippen LogP contribution in [0.5, 0.6) is 0 Å². The van der Waals surface area contributed by atoms with E-state index in [1.54, 1.807) is 16.6 Å². The van der Waals surface area contributed by atoms with Crippen LogP contribution >= 0.6 is 0 Å². The smallest absolute Gasteiger partial charge is 0.269 e. The maximum absolute atomic E-state index is 11.8. The lowest BCUT2D eigenvalue weighted by atomic mass is 9.95. The van der Waals surface area contributed by atoms with Crippen molar-refractivity contribution in [1.82, 2.24) is 14.7 Å². The van der Waals surface area contributed by atoms with Gasteiger partial charge in [-0.25, -0.2) is 4.68 Å². The van der Waals surface area contributed by atoms with E-state index in [1.807, 2.05) is 24.3 Å². The van der Waals surface area contributed by atoms with Crippen molar-refractivity contribution in [1.29, 1.82) is 5.41 Å². The third-order valence-electron chi connectivity index (χ3n) is 4.86. The average Bonchev–Trinajstić information content (AvgIpc) is 3.10. The van der Waals surface area contributed by atoms with Crippen molar-refractivity contribution in [3.63, 3.8) is 0 Å². The minimum absolute atomic E-state index is 0.358. The highest BCUT2D eigenvalue weighted by Crippen LogP contribution is 2.27. The van der Waals surface area contributed by atoms with Gasteiger partial charge in [0.1, 0.15) is 6.10 Å². The third kappa shape index (κ3) is 4.41. The summed E-state index contributed by atoms with van der Waals surface area (Å²) in [5.41, 5.74) is 9.47. The molecule has 7 heteroatoms. The first-order chi connectivity index (χ1) is 13.5. The molecule has 0 radical (unpaired) electrons. The largest absolute Gasteiger partial charge is 0.380 e. The summed E-state index contributed by atoms with van der Waals surface area (Å²) in [4.78, 5) is 13.5. The van der Waals surface area contributed by atoms with Gasteiger partial charge in [-0.15, -0.1) is 0 Å². The number of nitrogens with two attached hydrogens (primary N) is 1. The fourth-order valence-corrected chi connectivity index (χ4v) is 3.36. The molecule has 0 aliphatic heterocycles. The Morgan fingerprint density at radius 1 is 1.46 bits per heavy atom. The maximum Gasteiger partial charge on any atom is 0.269 e. The Morgan fingerprint density at radius 2 is 2.25 bits per heavy atom. The molecule has 1 aromatic carbocycles. The van der Waals surface area contributed by atoms with E-state index in [2.05, 4.69) is 16.9 Å². The Balaban J connectivity index is 1.84. The van der Waals surface area contributed by atoms with Crippen LogP contribution < -0.4 is 5.73 Å². The summed E-state index contributed by atoms with van der Waals surface area (Å²) in [6.07, 6.45) is 4.71. The van der Waals surface area contributed by atoms with Crippen LogP contribution in [0.1, 0.15) is 46.6 Å². The topological polar surface area (TPSA) is 108 Å². The van der Waals surface area contributed by atoms with E-state index in [1.165, 1.54) is 6.34 Å². The van der Waals surface area contributed by atoms with Crippen molar-refractivity contribution in [2.45, 2.75) is 38.2 Å². The van der Waals surface area contributed by atoms with E-state index in [4.69, 9.17) is 11.1 Å². The second kappa shape index (κ2) is 8.72. The Bertz CT molecular complexity index is 938. The standard InChI is InChI=1S/C21H25N5O2/c1-25(14-22)12-11-17(27)10-9-15-5-4-6-16(13-15)26-19-8-3-2-7-18(19)20(24-26)21(23)28/h4-6,13-14,17,22,27H,2-3,7-8,11-12H2,1H3,(H2,23,28)/t17-/m0/s1. The minimum atomic E-state index is -0.759. The molecule has 0 saturated heterocycles. The summed E-state index contributed by atoms with van der Waals surface area (Å²) in [6.45, 7) is 0.564. The molecule has 2 aromatic rings. The van der Waals surface area contributed by atoms with E-state index in [-0.39, 0.29) is 0 Å². The van der Waals surface area contributed by atoms with Gasteiger partial charge in [0.15, 0.2) is 5.69 Å². The van der Waals surface area contributed by atoms with Crippen LogP contribution in [0.2, 0.25) is 0 Å². The van der Waals surface area contributed by atoms with Crippen LogP contribution in [0.25, 0.3) is 5.69 Å².